The van der Waals surface area contributed by atoms with E-state index in [1.54, 1.807) is 42.9 Å². The van der Waals surface area contributed by atoms with E-state index in [1.807, 2.05) is 12.1 Å². The van der Waals surface area contributed by atoms with Crippen molar-refractivity contribution in [2.75, 3.05) is 24.7 Å². The van der Waals surface area contributed by atoms with Gasteiger partial charge in [-0.15, -0.1) is 13.2 Å². The van der Waals surface area contributed by atoms with E-state index in [2.05, 4.69) is 24.8 Å². The molecule has 3 rings (SSSR count). The number of hydrogen-bond acceptors (Lipinski definition) is 7. The molecule has 0 bridgehead atoms. The summed E-state index contributed by atoms with van der Waals surface area (Å²) in [5.41, 5.74) is 10.1. The van der Waals surface area contributed by atoms with Crippen LogP contribution in [0.5, 0.6) is 5.75 Å². The summed E-state index contributed by atoms with van der Waals surface area (Å²) in [5.74, 6) is -0.480. The smallest absolute Gasteiger partial charge is 0.406 e. The summed E-state index contributed by atoms with van der Waals surface area (Å²) in [6.45, 7) is 0.540. The van der Waals surface area contributed by atoms with Gasteiger partial charge in [0.15, 0.2) is 0 Å². The fourth-order valence-electron chi connectivity index (χ4n) is 3.26. The number of aliphatic imine (C=N–C) groups is 1. The van der Waals surface area contributed by atoms with E-state index >= 15 is 0 Å². The first-order valence-electron chi connectivity index (χ1n) is 11.1. The minimum atomic E-state index is -4.78. The molecule has 0 aliphatic heterocycles. The van der Waals surface area contributed by atoms with Gasteiger partial charge in [-0.3, -0.25) is 9.98 Å². The summed E-state index contributed by atoms with van der Waals surface area (Å²) < 4.78 is 67.1. The molecule has 0 aliphatic rings. The van der Waals surface area contributed by atoms with Crippen molar-refractivity contribution in [3.05, 3.63) is 84.2 Å². The van der Waals surface area contributed by atoms with Crippen LogP contribution in [0.4, 0.5) is 18.9 Å². The van der Waals surface area contributed by atoms with E-state index in [-0.39, 0.29) is 18.0 Å². The van der Waals surface area contributed by atoms with Crippen LogP contribution in [0.25, 0.3) is 16.8 Å². The SMILES string of the molecule is CNS(=O)(=O)CCNc1ccc(-c2ccc(OC(F)(F)F)cc2)cc1C(N)=CC=NCc1cccnc1. The molecular formula is C25H26F3N5O3S. The molecule has 3 aromatic rings. The average Bonchev–Trinajstić information content (AvgIpc) is 2.87. The lowest BCUT2D eigenvalue weighted by Crippen LogP contribution is -2.26. The maximum Gasteiger partial charge on any atom is 0.573 e. The van der Waals surface area contributed by atoms with Crippen molar-refractivity contribution >= 4 is 27.6 Å². The molecule has 12 heteroatoms. The van der Waals surface area contributed by atoms with Crippen LogP contribution in [-0.4, -0.2) is 45.3 Å². The number of halogens is 3. The Labute approximate surface area is 213 Å². The number of nitrogens with two attached hydrogens (primary N) is 1. The van der Waals surface area contributed by atoms with E-state index in [0.717, 1.165) is 5.56 Å². The van der Waals surface area contributed by atoms with Gasteiger partial charge in [-0.05, 0) is 60.1 Å². The quantitative estimate of drug-likeness (QED) is 0.318. The molecule has 196 valence electrons. The van der Waals surface area contributed by atoms with Gasteiger partial charge < -0.3 is 15.8 Å². The Morgan fingerprint density at radius 3 is 2.51 bits per heavy atom. The number of nitrogens with one attached hydrogen (secondary N) is 2. The Kier molecular flexibility index (Phi) is 9.25. The Morgan fingerprint density at radius 2 is 1.86 bits per heavy atom. The third-order valence-electron chi connectivity index (χ3n) is 5.11. The Morgan fingerprint density at radius 1 is 1.14 bits per heavy atom. The number of hydrogen-bond donors (Lipinski definition) is 3. The molecule has 0 amide bonds. The molecule has 0 spiro atoms. The normalized spacial score (nSPS) is 12.6. The molecule has 0 radical (unpaired) electrons. The molecule has 0 saturated carbocycles. The third-order valence-corrected chi connectivity index (χ3v) is 6.47. The summed E-state index contributed by atoms with van der Waals surface area (Å²) in [4.78, 5) is 8.36. The standard InChI is InChI=1S/C25H26F3N5O3S/c1-30-37(34,35)14-13-33-24-9-6-20(19-4-7-21(8-5-19)36-25(26,27)28)15-22(24)23(29)10-12-32-17-18-3-2-11-31-16-18/h2-12,15-16,30,33H,13-14,17,29H2,1H3. The monoisotopic (exact) mass is 533 g/mol. The lowest BCUT2D eigenvalue weighted by Gasteiger charge is -2.15. The molecule has 0 fully saturated rings. The first-order valence-corrected chi connectivity index (χ1v) is 12.7. The molecule has 0 saturated heterocycles. The molecule has 2 aromatic carbocycles. The van der Waals surface area contributed by atoms with Crippen molar-refractivity contribution in [2.45, 2.75) is 12.9 Å². The van der Waals surface area contributed by atoms with Crippen molar-refractivity contribution in [3.8, 4) is 16.9 Å². The summed E-state index contributed by atoms with van der Waals surface area (Å²) >= 11 is 0. The Hall–Kier alpha value is -3.90. The van der Waals surface area contributed by atoms with Crippen LogP contribution in [0, 0.1) is 0 Å². The molecule has 4 N–H and O–H groups in total. The van der Waals surface area contributed by atoms with E-state index in [9.17, 15) is 21.6 Å². The number of alkyl halides is 3. The van der Waals surface area contributed by atoms with Crippen LogP contribution in [0.3, 0.4) is 0 Å². The molecule has 1 heterocycles. The van der Waals surface area contributed by atoms with Crippen molar-refractivity contribution in [2.24, 2.45) is 10.7 Å². The topological polar surface area (TPSA) is 119 Å². The van der Waals surface area contributed by atoms with E-state index in [1.165, 1.54) is 31.3 Å². The fraction of sp³-hybridized carbons (Fsp3) is 0.200. The highest BCUT2D eigenvalue weighted by Crippen LogP contribution is 2.30. The van der Waals surface area contributed by atoms with Crippen LogP contribution in [-0.2, 0) is 16.6 Å². The van der Waals surface area contributed by atoms with E-state index in [0.29, 0.717) is 34.6 Å². The average molecular weight is 534 g/mol. The third kappa shape index (κ3) is 8.92. The zero-order valence-corrected chi connectivity index (χ0v) is 20.7. The van der Waals surface area contributed by atoms with Gasteiger partial charge in [0.2, 0.25) is 10.0 Å². The molecule has 1 aromatic heterocycles. The fourth-order valence-corrected chi connectivity index (χ4v) is 3.84. The van der Waals surface area contributed by atoms with Gasteiger partial charge in [0.1, 0.15) is 5.75 Å². The van der Waals surface area contributed by atoms with Gasteiger partial charge >= 0.3 is 6.36 Å². The summed E-state index contributed by atoms with van der Waals surface area (Å²) in [6.07, 6.45) is 1.78. The van der Waals surface area contributed by atoms with Gasteiger partial charge in [-0.25, -0.2) is 13.1 Å². The molecule has 0 aliphatic carbocycles. The van der Waals surface area contributed by atoms with E-state index in [4.69, 9.17) is 5.73 Å². The first kappa shape index (κ1) is 27.7. The number of pyridine rings is 1. The van der Waals surface area contributed by atoms with Gasteiger partial charge in [-0.2, -0.15) is 0 Å². The molecule has 37 heavy (non-hydrogen) atoms. The van der Waals surface area contributed by atoms with Gasteiger partial charge in [0.25, 0.3) is 0 Å². The minimum absolute atomic E-state index is 0.126. The molecule has 8 nitrogen and oxygen atoms in total. The highest BCUT2D eigenvalue weighted by Gasteiger charge is 2.31. The second kappa shape index (κ2) is 12.4. The van der Waals surface area contributed by atoms with Crippen molar-refractivity contribution in [1.82, 2.24) is 9.71 Å². The first-order chi connectivity index (χ1) is 17.6. The van der Waals surface area contributed by atoms with Gasteiger partial charge in [0.05, 0.1) is 12.3 Å². The number of nitrogens with zero attached hydrogens (tertiary/aromatic N) is 2. The number of rotatable bonds is 11. The summed E-state index contributed by atoms with van der Waals surface area (Å²) in [7, 11) is -2.07. The largest absolute Gasteiger partial charge is 0.573 e. The zero-order valence-electron chi connectivity index (χ0n) is 19.9. The predicted molar refractivity (Wildman–Crippen MR) is 138 cm³/mol. The van der Waals surface area contributed by atoms with Crippen LogP contribution in [0.1, 0.15) is 11.1 Å². The van der Waals surface area contributed by atoms with Crippen molar-refractivity contribution < 1.29 is 26.3 Å². The van der Waals surface area contributed by atoms with Crippen molar-refractivity contribution in [3.63, 3.8) is 0 Å². The number of allylic oxidation sites excluding steroid dienone is 1. The number of aromatic nitrogens is 1. The number of benzene rings is 2. The highest BCUT2D eigenvalue weighted by molar-refractivity contribution is 7.89. The second-order valence-electron chi connectivity index (χ2n) is 7.76. The lowest BCUT2D eigenvalue weighted by molar-refractivity contribution is -0.274. The lowest BCUT2D eigenvalue weighted by atomic mass is 10.00. The molecule has 0 atom stereocenters. The summed E-state index contributed by atoms with van der Waals surface area (Å²) in [5, 5.41) is 3.08. The predicted octanol–water partition coefficient (Wildman–Crippen LogP) is 4.18. The molecule has 0 unspecified atom stereocenters. The number of anilines is 1. The van der Waals surface area contributed by atoms with Crippen LogP contribution < -0.4 is 20.5 Å². The maximum atomic E-state index is 12.5. The number of ether oxygens (including phenoxy) is 1. The minimum Gasteiger partial charge on any atom is -0.406 e. The van der Waals surface area contributed by atoms with Gasteiger partial charge in [0, 0.05) is 42.1 Å². The zero-order chi connectivity index (χ0) is 26.9. The maximum absolute atomic E-state index is 12.5. The second-order valence-corrected chi connectivity index (χ2v) is 9.80. The van der Waals surface area contributed by atoms with Crippen LogP contribution in [0.2, 0.25) is 0 Å². The highest BCUT2D eigenvalue weighted by atomic mass is 32.2. The van der Waals surface area contributed by atoms with Crippen molar-refractivity contribution in [1.29, 1.82) is 0 Å². The summed E-state index contributed by atoms with van der Waals surface area (Å²) in [6, 6.07) is 14.4. The Bertz CT molecular complexity index is 1340. The van der Waals surface area contributed by atoms with E-state index < -0.39 is 16.4 Å². The molecular weight excluding hydrogens is 507 g/mol. The van der Waals surface area contributed by atoms with Crippen LogP contribution >= 0.6 is 0 Å². The van der Waals surface area contributed by atoms with Crippen LogP contribution in [0.15, 0.2) is 78.1 Å². The van der Waals surface area contributed by atoms with Gasteiger partial charge in [-0.1, -0.05) is 24.3 Å². The number of sulfonamides is 1. The Balaban J connectivity index is 1.85.